The van der Waals surface area contributed by atoms with Gasteiger partial charge in [0.05, 0.1) is 17.1 Å². The van der Waals surface area contributed by atoms with Gasteiger partial charge in [-0.1, -0.05) is 30.3 Å². The molecule has 1 saturated heterocycles. The van der Waals surface area contributed by atoms with Crippen molar-refractivity contribution in [2.45, 2.75) is 25.2 Å². The Balaban J connectivity index is 1.48. The van der Waals surface area contributed by atoms with E-state index < -0.39 is 10.0 Å². The zero-order valence-corrected chi connectivity index (χ0v) is 17.7. The van der Waals surface area contributed by atoms with Crippen LogP contribution in [0.4, 0.5) is 0 Å². The molecular weight excluding hydrogens is 404 g/mol. The highest BCUT2D eigenvalue weighted by molar-refractivity contribution is 7.89. The second-order valence-electron chi connectivity index (χ2n) is 7.35. The van der Waals surface area contributed by atoms with E-state index in [1.54, 1.807) is 24.8 Å². The summed E-state index contributed by atoms with van der Waals surface area (Å²) in [4.78, 5) is 14.9. The first-order valence-electron chi connectivity index (χ1n) is 9.80. The lowest BCUT2D eigenvalue weighted by Gasteiger charge is -2.21. The van der Waals surface area contributed by atoms with Crippen LogP contribution in [0.2, 0.25) is 0 Å². The van der Waals surface area contributed by atoms with E-state index in [-0.39, 0.29) is 17.3 Å². The number of aromatic nitrogens is 4. The van der Waals surface area contributed by atoms with Gasteiger partial charge in [0.15, 0.2) is 0 Å². The summed E-state index contributed by atoms with van der Waals surface area (Å²) in [6.07, 6.45) is 0.556. The average Bonchev–Trinajstić information content (AvgIpc) is 3.27. The van der Waals surface area contributed by atoms with E-state index in [1.807, 2.05) is 30.3 Å². The Kier molecular flexibility index (Phi) is 5.44. The molecule has 3 aromatic rings. The van der Waals surface area contributed by atoms with Crippen molar-refractivity contribution in [3.05, 3.63) is 53.5 Å². The number of aryl methyl sites for hydroxylation is 2. The topological polar surface area (TPSA) is 115 Å². The molecule has 2 aromatic heterocycles. The molecular formula is C20H24N6O3S. The largest absolute Gasteiger partial charge is 0.336 e. The van der Waals surface area contributed by atoms with Gasteiger partial charge in [0.1, 0.15) is 10.6 Å². The Morgan fingerprint density at radius 3 is 2.47 bits per heavy atom. The molecule has 0 atom stereocenters. The van der Waals surface area contributed by atoms with Crippen LogP contribution in [0, 0.1) is 13.8 Å². The van der Waals surface area contributed by atoms with Crippen molar-refractivity contribution in [1.82, 2.24) is 29.6 Å². The highest BCUT2D eigenvalue weighted by atomic mass is 32.2. The molecule has 2 N–H and O–H groups in total. The standard InChI is InChI=1S/C20H24N6O3S/c1-14-19(15(2)22-21-14)30(28,29)26-10-6-9-25(11-12-26)20(27)18-13-17(23-24-18)16-7-4-3-5-8-16/h3-5,7-8,13H,6,9-12H2,1-2H3,(H,21,22)(H,23,24). The number of amides is 1. The van der Waals surface area contributed by atoms with Crippen molar-refractivity contribution in [2.75, 3.05) is 26.2 Å². The van der Waals surface area contributed by atoms with Crippen LogP contribution in [-0.2, 0) is 10.0 Å². The quantitative estimate of drug-likeness (QED) is 0.659. The SMILES string of the molecule is Cc1n[nH]c(C)c1S(=O)(=O)N1CCCN(C(=O)c2cc(-c3ccccc3)n[nH]2)CC1. The highest BCUT2D eigenvalue weighted by Crippen LogP contribution is 2.23. The number of nitrogens with one attached hydrogen (secondary N) is 2. The minimum Gasteiger partial charge on any atom is -0.336 e. The van der Waals surface area contributed by atoms with Gasteiger partial charge >= 0.3 is 0 Å². The number of H-pyrrole nitrogens is 2. The maximum absolute atomic E-state index is 13.1. The normalized spacial score (nSPS) is 15.9. The van der Waals surface area contributed by atoms with Crippen LogP contribution in [-0.4, -0.2) is 70.1 Å². The van der Waals surface area contributed by atoms with Crippen LogP contribution in [0.15, 0.2) is 41.3 Å². The van der Waals surface area contributed by atoms with Gasteiger partial charge < -0.3 is 4.90 Å². The monoisotopic (exact) mass is 428 g/mol. The Labute approximate surface area is 175 Å². The third-order valence-electron chi connectivity index (χ3n) is 5.28. The molecule has 0 saturated carbocycles. The fourth-order valence-corrected chi connectivity index (χ4v) is 5.55. The van der Waals surface area contributed by atoms with Crippen LogP contribution >= 0.6 is 0 Å². The lowest BCUT2D eigenvalue weighted by atomic mass is 10.1. The van der Waals surface area contributed by atoms with E-state index in [2.05, 4.69) is 20.4 Å². The number of rotatable bonds is 4. The molecule has 1 aromatic carbocycles. The maximum atomic E-state index is 13.1. The van der Waals surface area contributed by atoms with E-state index in [4.69, 9.17) is 0 Å². The molecule has 0 spiro atoms. The Morgan fingerprint density at radius 1 is 1.00 bits per heavy atom. The third-order valence-corrected chi connectivity index (χ3v) is 7.44. The van der Waals surface area contributed by atoms with Crippen LogP contribution in [0.1, 0.15) is 28.3 Å². The summed E-state index contributed by atoms with van der Waals surface area (Å²) in [5.41, 5.74) is 2.99. The minimum atomic E-state index is -3.67. The first-order chi connectivity index (χ1) is 14.4. The van der Waals surface area contributed by atoms with Crippen molar-refractivity contribution in [3.8, 4) is 11.3 Å². The second kappa shape index (κ2) is 8.04. The molecule has 10 heteroatoms. The number of hydrogen-bond donors (Lipinski definition) is 2. The minimum absolute atomic E-state index is 0.181. The summed E-state index contributed by atoms with van der Waals surface area (Å²) < 4.78 is 27.6. The number of carbonyl (C=O) groups excluding carboxylic acids is 1. The van der Waals surface area contributed by atoms with E-state index in [0.29, 0.717) is 48.8 Å². The fourth-order valence-electron chi connectivity index (χ4n) is 3.75. The molecule has 0 bridgehead atoms. The number of nitrogens with zero attached hydrogens (tertiary/aromatic N) is 4. The van der Waals surface area contributed by atoms with Gasteiger partial charge in [-0.2, -0.15) is 14.5 Å². The molecule has 1 aliphatic rings. The van der Waals surface area contributed by atoms with E-state index in [1.165, 1.54) is 4.31 Å². The number of hydrogen-bond acceptors (Lipinski definition) is 5. The number of benzene rings is 1. The summed E-state index contributed by atoms with van der Waals surface area (Å²) in [6, 6.07) is 11.3. The molecule has 30 heavy (non-hydrogen) atoms. The van der Waals surface area contributed by atoms with Crippen molar-refractivity contribution in [2.24, 2.45) is 0 Å². The van der Waals surface area contributed by atoms with Crippen molar-refractivity contribution in [3.63, 3.8) is 0 Å². The summed E-state index contributed by atoms with van der Waals surface area (Å²) in [7, 11) is -3.67. The Morgan fingerprint density at radius 2 is 1.77 bits per heavy atom. The van der Waals surface area contributed by atoms with Crippen LogP contribution in [0.25, 0.3) is 11.3 Å². The summed E-state index contributed by atoms with van der Waals surface area (Å²) in [6.45, 7) is 4.75. The molecule has 0 aliphatic carbocycles. The molecule has 9 nitrogen and oxygen atoms in total. The van der Waals surface area contributed by atoms with E-state index in [0.717, 1.165) is 5.56 Å². The van der Waals surface area contributed by atoms with Crippen molar-refractivity contribution >= 4 is 15.9 Å². The molecule has 3 heterocycles. The van der Waals surface area contributed by atoms with Gasteiger partial charge in [0.25, 0.3) is 5.91 Å². The fraction of sp³-hybridized carbons (Fsp3) is 0.350. The predicted molar refractivity (Wildman–Crippen MR) is 111 cm³/mol. The van der Waals surface area contributed by atoms with Gasteiger partial charge in [-0.3, -0.25) is 15.0 Å². The first kappa shape index (κ1) is 20.3. The second-order valence-corrected chi connectivity index (χ2v) is 9.22. The lowest BCUT2D eigenvalue weighted by molar-refractivity contribution is 0.0758. The molecule has 0 unspecified atom stereocenters. The Hall–Kier alpha value is -2.98. The highest BCUT2D eigenvalue weighted by Gasteiger charge is 2.32. The third kappa shape index (κ3) is 3.75. The van der Waals surface area contributed by atoms with Crippen LogP contribution in [0.3, 0.4) is 0 Å². The zero-order chi connectivity index (χ0) is 21.3. The lowest BCUT2D eigenvalue weighted by Crippen LogP contribution is -2.37. The predicted octanol–water partition coefficient (Wildman–Crippen LogP) is 1.95. The van der Waals surface area contributed by atoms with Gasteiger partial charge in [-0.15, -0.1) is 0 Å². The van der Waals surface area contributed by atoms with Gasteiger partial charge in [0, 0.05) is 31.7 Å². The van der Waals surface area contributed by atoms with Gasteiger partial charge in [-0.25, -0.2) is 8.42 Å². The smallest absolute Gasteiger partial charge is 0.271 e. The zero-order valence-electron chi connectivity index (χ0n) is 16.9. The van der Waals surface area contributed by atoms with Crippen LogP contribution < -0.4 is 0 Å². The molecule has 1 amide bonds. The number of aromatic amines is 2. The summed E-state index contributed by atoms with van der Waals surface area (Å²) >= 11 is 0. The summed E-state index contributed by atoms with van der Waals surface area (Å²) in [5, 5.41) is 13.8. The number of carbonyl (C=O) groups is 1. The van der Waals surface area contributed by atoms with Crippen LogP contribution in [0.5, 0.6) is 0 Å². The molecule has 4 rings (SSSR count). The summed E-state index contributed by atoms with van der Waals surface area (Å²) in [5.74, 6) is -0.181. The molecule has 0 radical (unpaired) electrons. The maximum Gasteiger partial charge on any atom is 0.271 e. The first-order valence-corrected chi connectivity index (χ1v) is 11.2. The van der Waals surface area contributed by atoms with E-state index >= 15 is 0 Å². The van der Waals surface area contributed by atoms with E-state index in [9.17, 15) is 13.2 Å². The molecule has 1 fully saturated rings. The molecule has 158 valence electrons. The average molecular weight is 429 g/mol. The van der Waals surface area contributed by atoms with Crippen molar-refractivity contribution in [1.29, 1.82) is 0 Å². The number of sulfonamides is 1. The van der Waals surface area contributed by atoms with Gasteiger partial charge in [0.2, 0.25) is 10.0 Å². The van der Waals surface area contributed by atoms with Gasteiger partial charge in [-0.05, 0) is 26.3 Å². The Bertz CT molecular complexity index is 1130. The molecule has 1 aliphatic heterocycles. The van der Waals surface area contributed by atoms with Crippen molar-refractivity contribution < 1.29 is 13.2 Å².